The van der Waals surface area contributed by atoms with Gasteiger partial charge in [-0.25, -0.2) is 0 Å². The molecule has 2 unspecified atom stereocenters. The van der Waals surface area contributed by atoms with Crippen LogP contribution in [-0.4, -0.2) is 35.4 Å². The number of nitrogens with two attached hydrogens (primary N) is 1. The number of carbonyl (C=O) groups excluding carboxylic acids is 1. The van der Waals surface area contributed by atoms with Crippen molar-refractivity contribution < 1.29 is 19.4 Å². The van der Waals surface area contributed by atoms with E-state index in [9.17, 15) is 9.90 Å². The van der Waals surface area contributed by atoms with Crippen LogP contribution in [0.1, 0.15) is 32.8 Å². The Kier molecular flexibility index (Phi) is 7.77. The van der Waals surface area contributed by atoms with Crippen LogP contribution in [0.4, 0.5) is 0 Å². The van der Waals surface area contributed by atoms with E-state index in [1.807, 2.05) is 0 Å². The van der Waals surface area contributed by atoms with Crippen LogP contribution in [0.25, 0.3) is 0 Å². The van der Waals surface area contributed by atoms with E-state index in [-0.39, 0.29) is 19.6 Å². The summed E-state index contributed by atoms with van der Waals surface area (Å²) in [6.45, 7) is 5.41. The molecule has 0 aliphatic heterocycles. The number of ether oxygens (including phenoxy) is 2. The first-order valence-electron chi connectivity index (χ1n) is 7.26. The highest BCUT2D eigenvalue weighted by Crippen LogP contribution is 2.24. The van der Waals surface area contributed by atoms with Gasteiger partial charge in [-0.15, -0.1) is 0 Å². The molecule has 130 valence electrons. The van der Waals surface area contributed by atoms with Crippen LogP contribution >= 0.6 is 23.2 Å². The molecule has 0 aliphatic rings. The average molecular weight is 364 g/mol. The van der Waals surface area contributed by atoms with Crippen LogP contribution in [-0.2, 0) is 20.9 Å². The maximum Gasteiger partial charge on any atom is 0.307 e. The van der Waals surface area contributed by atoms with E-state index in [2.05, 4.69) is 0 Å². The van der Waals surface area contributed by atoms with Crippen LogP contribution in [0.2, 0.25) is 10.0 Å². The van der Waals surface area contributed by atoms with Crippen molar-refractivity contribution in [2.45, 2.75) is 51.5 Å². The Morgan fingerprint density at radius 3 is 2.39 bits per heavy atom. The molecule has 0 saturated carbocycles. The summed E-state index contributed by atoms with van der Waals surface area (Å²) in [5.74, 6) is -0.460. The van der Waals surface area contributed by atoms with E-state index in [1.165, 1.54) is 0 Å². The van der Waals surface area contributed by atoms with Crippen LogP contribution in [0.3, 0.4) is 0 Å². The molecular weight excluding hydrogens is 341 g/mol. The van der Waals surface area contributed by atoms with Crippen molar-refractivity contribution in [3.8, 4) is 0 Å². The van der Waals surface area contributed by atoms with Crippen LogP contribution in [0.5, 0.6) is 0 Å². The predicted molar refractivity (Wildman–Crippen MR) is 90.6 cm³/mol. The maximum atomic E-state index is 11.7. The van der Waals surface area contributed by atoms with Gasteiger partial charge in [-0.2, -0.15) is 0 Å². The zero-order valence-electron chi connectivity index (χ0n) is 13.5. The molecule has 0 aliphatic carbocycles. The van der Waals surface area contributed by atoms with Crippen LogP contribution < -0.4 is 5.73 Å². The fraction of sp³-hybridized carbons (Fsp3) is 0.562. The minimum absolute atomic E-state index is 0.0362. The molecule has 5 nitrogen and oxygen atoms in total. The van der Waals surface area contributed by atoms with Crippen molar-refractivity contribution in [1.29, 1.82) is 0 Å². The second kappa shape index (κ2) is 8.85. The second-order valence-electron chi connectivity index (χ2n) is 6.24. The summed E-state index contributed by atoms with van der Waals surface area (Å²) in [5.41, 5.74) is 5.85. The highest BCUT2D eigenvalue weighted by atomic mass is 35.5. The topological polar surface area (TPSA) is 81.8 Å². The van der Waals surface area contributed by atoms with Gasteiger partial charge in [0, 0.05) is 21.7 Å². The van der Waals surface area contributed by atoms with Gasteiger partial charge in [0.1, 0.15) is 5.60 Å². The number of aliphatic hydroxyl groups excluding tert-OH is 1. The number of esters is 1. The van der Waals surface area contributed by atoms with Crippen molar-refractivity contribution >= 4 is 29.2 Å². The zero-order chi connectivity index (χ0) is 17.6. The molecule has 0 radical (unpaired) electrons. The summed E-state index contributed by atoms with van der Waals surface area (Å²) < 4.78 is 10.6. The van der Waals surface area contributed by atoms with Crippen molar-refractivity contribution in [3.05, 3.63) is 33.8 Å². The standard InChI is InChI=1S/C16H23Cl2NO4/c1-16(2,3)23-15(21)7-13(19)14(20)9-22-8-10-11(17)5-4-6-12(10)18/h4-6,13-14,20H,7-9,19H2,1-3H3. The lowest BCUT2D eigenvalue weighted by Crippen LogP contribution is -2.41. The Morgan fingerprint density at radius 2 is 1.87 bits per heavy atom. The van der Waals surface area contributed by atoms with Gasteiger partial charge >= 0.3 is 5.97 Å². The molecule has 2 atom stereocenters. The summed E-state index contributed by atoms with van der Waals surface area (Å²) in [5, 5.41) is 10.9. The molecule has 0 fully saturated rings. The molecule has 0 spiro atoms. The van der Waals surface area contributed by atoms with E-state index in [0.29, 0.717) is 15.6 Å². The number of halogens is 2. The Labute approximate surface area is 146 Å². The highest BCUT2D eigenvalue weighted by molar-refractivity contribution is 6.35. The Morgan fingerprint density at radius 1 is 1.30 bits per heavy atom. The van der Waals surface area contributed by atoms with Crippen LogP contribution in [0, 0.1) is 0 Å². The number of carbonyl (C=O) groups is 1. The van der Waals surface area contributed by atoms with Crippen molar-refractivity contribution in [3.63, 3.8) is 0 Å². The van der Waals surface area contributed by atoms with Crippen LogP contribution in [0.15, 0.2) is 18.2 Å². The molecule has 7 heteroatoms. The molecular formula is C16H23Cl2NO4. The van der Waals surface area contributed by atoms with Gasteiger partial charge in [0.25, 0.3) is 0 Å². The van der Waals surface area contributed by atoms with Gasteiger partial charge in [0.15, 0.2) is 0 Å². The molecule has 1 aromatic carbocycles. The molecule has 1 aromatic rings. The SMILES string of the molecule is CC(C)(C)OC(=O)CC(N)C(O)COCc1c(Cl)cccc1Cl. The normalized spacial score (nSPS) is 14.4. The minimum Gasteiger partial charge on any atom is -0.460 e. The maximum absolute atomic E-state index is 11.7. The zero-order valence-corrected chi connectivity index (χ0v) is 15.0. The number of benzene rings is 1. The Bertz CT molecular complexity index is 511. The third kappa shape index (κ3) is 7.50. The molecule has 0 amide bonds. The van der Waals surface area contributed by atoms with Crippen molar-refractivity contribution in [1.82, 2.24) is 0 Å². The monoisotopic (exact) mass is 363 g/mol. The predicted octanol–water partition coefficient (Wildman–Crippen LogP) is 2.93. The van der Waals surface area contributed by atoms with Crippen molar-refractivity contribution in [2.75, 3.05) is 6.61 Å². The number of aliphatic hydroxyl groups is 1. The van der Waals surface area contributed by atoms with Gasteiger partial charge in [-0.05, 0) is 32.9 Å². The fourth-order valence-electron chi connectivity index (χ4n) is 1.79. The lowest BCUT2D eigenvalue weighted by molar-refractivity contribution is -0.156. The third-order valence-electron chi connectivity index (χ3n) is 2.91. The molecule has 3 N–H and O–H groups in total. The minimum atomic E-state index is -0.996. The molecule has 0 heterocycles. The average Bonchev–Trinajstić information content (AvgIpc) is 2.39. The van der Waals surface area contributed by atoms with E-state index in [0.717, 1.165) is 0 Å². The molecule has 0 saturated heterocycles. The quantitative estimate of drug-likeness (QED) is 0.727. The van der Waals surface area contributed by atoms with Gasteiger partial charge in [0.2, 0.25) is 0 Å². The van der Waals surface area contributed by atoms with Crippen molar-refractivity contribution in [2.24, 2.45) is 5.73 Å². The first kappa shape index (κ1) is 20.2. The smallest absolute Gasteiger partial charge is 0.307 e. The van der Waals surface area contributed by atoms with E-state index < -0.39 is 23.7 Å². The second-order valence-corrected chi connectivity index (χ2v) is 7.05. The summed E-state index contributed by atoms with van der Waals surface area (Å²) in [6, 6.07) is 4.37. The number of hydrogen-bond donors (Lipinski definition) is 2. The van der Waals surface area contributed by atoms with E-state index in [4.69, 9.17) is 38.4 Å². The largest absolute Gasteiger partial charge is 0.460 e. The van der Waals surface area contributed by atoms with E-state index in [1.54, 1.807) is 39.0 Å². The first-order valence-corrected chi connectivity index (χ1v) is 8.02. The molecule has 0 bridgehead atoms. The highest BCUT2D eigenvalue weighted by Gasteiger charge is 2.23. The summed E-state index contributed by atoms with van der Waals surface area (Å²) >= 11 is 12.0. The Hall–Kier alpha value is -0.850. The van der Waals surface area contributed by atoms with Gasteiger partial charge in [-0.1, -0.05) is 29.3 Å². The first-order chi connectivity index (χ1) is 10.6. The molecule has 1 rings (SSSR count). The van der Waals surface area contributed by atoms with E-state index >= 15 is 0 Å². The lowest BCUT2D eigenvalue weighted by Gasteiger charge is -2.23. The number of rotatable bonds is 7. The molecule has 23 heavy (non-hydrogen) atoms. The fourth-order valence-corrected chi connectivity index (χ4v) is 2.29. The lowest BCUT2D eigenvalue weighted by atomic mass is 10.1. The number of hydrogen-bond acceptors (Lipinski definition) is 5. The summed E-state index contributed by atoms with van der Waals surface area (Å²) in [6.07, 6.45) is -1.09. The summed E-state index contributed by atoms with van der Waals surface area (Å²) in [7, 11) is 0. The van der Waals surface area contributed by atoms with Gasteiger partial charge in [-0.3, -0.25) is 4.79 Å². The van der Waals surface area contributed by atoms with Gasteiger partial charge < -0.3 is 20.3 Å². The molecule has 0 aromatic heterocycles. The summed E-state index contributed by atoms with van der Waals surface area (Å²) in [4.78, 5) is 11.7. The third-order valence-corrected chi connectivity index (χ3v) is 3.62. The van der Waals surface area contributed by atoms with Gasteiger partial charge in [0.05, 0.1) is 25.7 Å². The Balaban J connectivity index is 2.41.